The molecule has 1 aliphatic heterocycles. The van der Waals surface area contributed by atoms with Gasteiger partial charge < -0.3 is 5.41 Å². The highest BCUT2D eigenvalue weighted by Crippen LogP contribution is 2.00. The van der Waals surface area contributed by atoms with E-state index in [9.17, 15) is 0 Å². The molecule has 0 atom stereocenters. The predicted molar refractivity (Wildman–Crippen MR) is 39.1 cm³/mol. The molecule has 1 aliphatic rings. The normalized spacial score (nSPS) is 16.7. The molecule has 1 rings (SSSR count). The van der Waals surface area contributed by atoms with Gasteiger partial charge in [0.1, 0.15) is 0 Å². The van der Waals surface area contributed by atoms with E-state index in [-0.39, 0.29) is 0 Å². The summed E-state index contributed by atoms with van der Waals surface area (Å²) in [6.45, 7) is 0. The summed E-state index contributed by atoms with van der Waals surface area (Å²) in [4.78, 5) is 3.88. The maximum atomic E-state index is 6.91. The first-order chi connectivity index (χ1) is 4.43. The van der Waals surface area contributed by atoms with E-state index in [1.54, 1.807) is 12.4 Å². The second-order valence-corrected chi connectivity index (χ2v) is 1.77. The molecule has 46 valence electrons. The third-order valence-corrected chi connectivity index (χ3v) is 1.11. The van der Waals surface area contributed by atoms with Crippen LogP contribution in [0.15, 0.2) is 28.9 Å². The zero-order valence-electron chi connectivity index (χ0n) is 5.04. The van der Waals surface area contributed by atoms with Crippen LogP contribution >= 0.6 is 0 Å². The van der Waals surface area contributed by atoms with Gasteiger partial charge in [-0.15, -0.1) is 0 Å². The van der Waals surface area contributed by atoms with Gasteiger partial charge in [0.2, 0.25) is 0 Å². The lowest BCUT2D eigenvalue weighted by molar-refractivity contribution is 1.32. The minimum absolute atomic E-state index is 0.823. The smallest absolute Gasteiger partial charge is 0.0271 e. The van der Waals surface area contributed by atoms with Gasteiger partial charge in [0, 0.05) is 18.6 Å². The SMILES string of the molecule is N=CC1=CC=NC=CC1. The zero-order valence-corrected chi connectivity index (χ0v) is 5.04. The monoisotopic (exact) mass is 120 g/mol. The van der Waals surface area contributed by atoms with Gasteiger partial charge in [-0.25, -0.2) is 0 Å². The van der Waals surface area contributed by atoms with Crippen LogP contribution in [0.1, 0.15) is 6.42 Å². The van der Waals surface area contributed by atoms with Crippen molar-refractivity contribution in [2.75, 3.05) is 0 Å². The fourth-order valence-electron chi connectivity index (χ4n) is 0.613. The van der Waals surface area contributed by atoms with Crippen LogP contribution in [0.25, 0.3) is 0 Å². The van der Waals surface area contributed by atoms with Crippen LogP contribution in [0.2, 0.25) is 0 Å². The van der Waals surface area contributed by atoms with Crippen LogP contribution in [0.3, 0.4) is 0 Å². The number of nitrogens with zero attached hydrogens (tertiary/aromatic N) is 1. The Morgan fingerprint density at radius 1 is 1.67 bits per heavy atom. The van der Waals surface area contributed by atoms with Crippen LogP contribution in [0.4, 0.5) is 0 Å². The second-order valence-electron chi connectivity index (χ2n) is 1.77. The van der Waals surface area contributed by atoms with E-state index in [0.29, 0.717) is 0 Å². The van der Waals surface area contributed by atoms with Crippen LogP contribution in [0.5, 0.6) is 0 Å². The lowest BCUT2D eigenvalue weighted by Gasteiger charge is -1.87. The van der Waals surface area contributed by atoms with Crippen LogP contribution in [-0.2, 0) is 0 Å². The Labute approximate surface area is 54.1 Å². The van der Waals surface area contributed by atoms with Gasteiger partial charge in [-0.1, -0.05) is 6.08 Å². The quantitative estimate of drug-likeness (QED) is 0.510. The van der Waals surface area contributed by atoms with E-state index >= 15 is 0 Å². The summed E-state index contributed by atoms with van der Waals surface area (Å²) in [6.07, 6.45) is 9.38. The summed E-state index contributed by atoms with van der Waals surface area (Å²) in [5.41, 5.74) is 0.993. The Hall–Kier alpha value is -1.18. The van der Waals surface area contributed by atoms with Gasteiger partial charge in [-0.3, -0.25) is 4.99 Å². The highest BCUT2D eigenvalue weighted by atomic mass is 14.7. The largest absolute Gasteiger partial charge is 0.308 e. The maximum Gasteiger partial charge on any atom is 0.0271 e. The molecule has 0 aromatic carbocycles. The van der Waals surface area contributed by atoms with E-state index < -0.39 is 0 Å². The molecule has 0 saturated heterocycles. The predicted octanol–water partition coefficient (Wildman–Crippen LogP) is 1.55. The highest BCUT2D eigenvalue weighted by molar-refractivity contribution is 5.86. The minimum atomic E-state index is 0.823. The Morgan fingerprint density at radius 2 is 2.56 bits per heavy atom. The van der Waals surface area contributed by atoms with Crippen molar-refractivity contribution in [3.63, 3.8) is 0 Å². The summed E-state index contributed by atoms with van der Waals surface area (Å²) in [5, 5.41) is 6.91. The van der Waals surface area contributed by atoms with Crippen molar-refractivity contribution in [1.82, 2.24) is 0 Å². The summed E-state index contributed by atoms with van der Waals surface area (Å²) in [7, 11) is 0. The van der Waals surface area contributed by atoms with E-state index in [1.807, 2.05) is 12.2 Å². The van der Waals surface area contributed by atoms with Gasteiger partial charge in [-0.2, -0.15) is 0 Å². The summed E-state index contributed by atoms with van der Waals surface area (Å²) < 4.78 is 0. The lowest BCUT2D eigenvalue weighted by atomic mass is 10.2. The minimum Gasteiger partial charge on any atom is -0.308 e. The van der Waals surface area contributed by atoms with Gasteiger partial charge in [-0.05, 0) is 18.1 Å². The van der Waals surface area contributed by atoms with Crippen LogP contribution in [-0.4, -0.2) is 12.4 Å². The molecular formula is C7H8N2. The molecule has 1 heterocycles. The van der Waals surface area contributed by atoms with Gasteiger partial charge in [0.15, 0.2) is 0 Å². The third kappa shape index (κ3) is 1.64. The number of allylic oxidation sites excluding steroid dienone is 3. The molecular weight excluding hydrogens is 112 g/mol. The fraction of sp³-hybridized carbons (Fsp3) is 0.143. The molecule has 0 spiro atoms. The van der Waals surface area contributed by atoms with Crippen molar-refractivity contribution in [2.45, 2.75) is 6.42 Å². The molecule has 2 nitrogen and oxygen atoms in total. The highest BCUT2D eigenvalue weighted by Gasteiger charge is 1.88. The fourth-order valence-corrected chi connectivity index (χ4v) is 0.613. The van der Waals surface area contributed by atoms with Crippen molar-refractivity contribution in [1.29, 1.82) is 5.41 Å². The summed E-state index contributed by atoms with van der Waals surface area (Å²) >= 11 is 0. The molecule has 0 aromatic heterocycles. The Balaban J connectivity index is 2.73. The summed E-state index contributed by atoms with van der Waals surface area (Å²) in [5.74, 6) is 0. The topological polar surface area (TPSA) is 36.2 Å². The van der Waals surface area contributed by atoms with Crippen molar-refractivity contribution < 1.29 is 0 Å². The lowest BCUT2D eigenvalue weighted by Crippen LogP contribution is -1.79. The average molecular weight is 120 g/mol. The first kappa shape index (κ1) is 5.95. The van der Waals surface area contributed by atoms with Crippen LogP contribution < -0.4 is 0 Å². The standard InChI is InChI=1S/C7H8N2/c8-6-7-2-1-4-9-5-3-7/h1,3-6,8H,2H2. The number of aliphatic imine (C=N–C) groups is 1. The third-order valence-electron chi connectivity index (χ3n) is 1.11. The first-order valence-corrected chi connectivity index (χ1v) is 2.81. The molecule has 0 aromatic rings. The molecule has 2 heteroatoms. The van der Waals surface area contributed by atoms with Crippen molar-refractivity contribution in [3.8, 4) is 0 Å². The molecule has 0 fully saturated rings. The molecule has 0 bridgehead atoms. The molecule has 0 saturated carbocycles. The first-order valence-electron chi connectivity index (χ1n) is 2.81. The Morgan fingerprint density at radius 3 is 3.33 bits per heavy atom. The van der Waals surface area contributed by atoms with E-state index in [4.69, 9.17) is 5.41 Å². The second kappa shape index (κ2) is 2.97. The van der Waals surface area contributed by atoms with Crippen molar-refractivity contribution in [2.24, 2.45) is 4.99 Å². The van der Waals surface area contributed by atoms with E-state index in [1.165, 1.54) is 6.21 Å². The number of hydrogen-bond acceptors (Lipinski definition) is 2. The van der Waals surface area contributed by atoms with E-state index in [2.05, 4.69) is 4.99 Å². The number of hydrogen-bond donors (Lipinski definition) is 1. The molecule has 0 amide bonds. The molecule has 9 heavy (non-hydrogen) atoms. The molecule has 1 N–H and O–H groups in total. The summed E-state index contributed by atoms with van der Waals surface area (Å²) in [6, 6.07) is 0. The number of nitrogens with one attached hydrogen (secondary N) is 1. The van der Waals surface area contributed by atoms with Gasteiger partial charge >= 0.3 is 0 Å². The Bertz CT molecular complexity index is 187. The molecule has 0 aliphatic carbocycles. The zero-order chi connectivity index (χ0) is 6.53. The molecule has 0 radical (unpaired) electrons. The molecule has 0 unspecified atom stereocenters. The van der Waals surface area contributed by atoms with Crippen molar-refractivity contribution >= 4 is 12.4 Å². The maximum absolute atomic E-state index is 6.91. The number of rotatable bonds is 1. The van der Waals surface area contributed by atoms with Crippen LogP contribution in [0, 0.1) is 5.41 Å². The van der Waals surface area contributed by atoms with Gasteiger partial charge in [0.05, 0.1) is 0 Å². The van der Waals surface area contributed by atoms with E-state index in [0.717, 1.165) is 12.0 Å². The van der Waals surface area contributed by atoms with Crippen molar-refractivity contribution in [3.05, 3.63) is 23.9 Å². The van der Waals surface area contributed by atoms with Gasteiger partial charge in [0.25, 0.3) is 0 Å². The Kier molecular flexibility index (Phi) is 1.96. The average Bonchev–Trinajstić information content (AvgIpc) is 2.13.